The number of carbonyl (C=O) groups is 1. The third-order valence-electron chi connectivity index (χ3n) is 3.83. The summed E-state index contributed by atoms with van der Waals surface area (Å²) in [6.45, 7) is 4.70. The number of rotatable bonds is 4. The lowest BCUT2D eigenvalue weighted by molar-refractivity contribution is -0.125. The molecule has 0 unspecified atom stereocenters. The number of sulfonamides is 1. The van der Waals surface area contributed by atoms with Crippen LogP contribution in [0.15, 0.2) is 12.1 Å². The van der Waals surface area contributed by atoms with E-state index in [0.717, 1.165) is 6.54 Å². The van der Waals surface area contributed by atoms with Crippen LogP contribution in [-0.2, 0) is 21.4 Å². The van der Waals surface area contributed by atoms with E-state index in [2.05, 4.69) is 29.3 Å². The molecule has 0 aliphatic carbocycles. The second-order valence-corrected chi connectivity index (χ2v) is 9.03. The van der Waals surface area contributed by atoms with Crippen LogP contribution >= 0.6 is 11.3 Å². The molecule has 1 aliphatic rings. The van der Waals surface area contributed by atoms with Crippen molar-refractivity contribution in [3.8, 4) is 0 Å². The summed E-state index contributed by atoms with van der Waals surface area (Å²) in [7, 11) is -1.70. The van der Waals surface area contributed by atoms with Crippen LogP contribution in [0.3, 0.4) is 0 Å². The van der Waals surface area contributed by atoms with Gasteiger partial charge < -0.3 is 5.32 Å². The van der Waals surface area contributed by atoms with Gasteiger partial charge in [0.15, 0.2) is 0 Å². The third kappa shape index (κ3) is 4.52. The second-order valence-electron chi connectivity index (χ2n) is 5.68. The minimum atomic E-state index is -3.29. The normalized spacial score (nSPS) is 21.5. The van der Waals surface area contributed by atoms with Gasteiger partial charge in [-0.3, -0.25) is 9.69 Å². The number of hydrogen-bond acceptors (Lipinski definition) is 5. The summed E-state index contributed by atoms with van der Waals surface area (Å²) >= 11 is 1.74. The Morgan fingerprint density at radius 3 is 2.64 bits per heavy atom. The highest BCUT2D eigenvalue weighted by molar-refractivity contribution is 7.88. The predicted molar refractivity (Wildman–Crippen MR) is 88.3 cm³/mol. The summed E-state index contributed by atoms with van der Waals surface area (Å²) in [6.07, 6.45) is 1.20. The van der Waals surface area contributed by atoms with Crippen molar-refractivity contribution in [2.45, 2.75) is 13.5 Å². The van der Waals surface area contributed by atoms with Crippen LogP contribution < -0.4 is 5.32 Å². The summed E-state index contributed by atoms with van der Waals surface area (Å²) in [5.41, 5.74) is 0. The van der Waals surface area contributed by atoms with E-state index in [1.54, 1.807) is 18.4 Å². The molecule has 6 nitrogen and oxygen atoms in total. The standard InChI is InChI=1S/C14H23N3O3S2/c1-11-4-5-13(21-11)10-16-6-7-17(22(3,19)20)9-12(8-16)14(18)15-2/h4-5,12H,6-10H2,1-3H3,(H,15,18)/t12-/m1/s1. The van der Waals surface area contributed by atoms with Gasteiger partial charge in [0.05, 0.1) is 12.2 Å². The molecule has 1 aromatic rings. The van der Waals surface area contributed by atoms with Crippen LogP contribution in [0.4, 0.5) is 0 Å². The summed E-state index contributed by atoms with van der Waals surface area (Å²) in [4.78, 5) is 16.7. The Bertz CT molecular complexity index is 627. The molecule has 1 saturated heterocycles. The molecule has 0 aromatic carbocycles. The molecule has 0 bridgehead atoms. The fraction of sp³-hybridized carbons (Fsp3) is 0.643. The van der Waals surface area contributed by atoms with Gasteiger partial charge in [0.25, 0.3) is 0 Å². The van der Waals surface area contributed by atoms with E-state index < -0.39 is 10.0 Å². The number of carbonyl (C=O) groups excluding carboxylic acids is 1. The third-order valence-corrected chi connectivity index (χ3v) is 6.09. The van der Waals surface area contributed by atoms with E-state index in [0.29, 0.717) is 19.6 Å². The molecule has 1 atom stereocenters. The summed E-state index contributed by atoms with van der Waals surface area (Å²) in [5, 5.41) is 2.64. The highest BCUT2D eigenvalue weighted by Gasteiger charge is 2.31. The monoisotopic (exact) mass is 345 g/mol. The van der Waals surface area contributed by atoms with Crippen LogP contribution in [0.1, 0.15) is 9.75 Å². The van der Waals surface area contributed by atoms with Gasteiger partial charge in [-0.2, -0.15) is 0 Å². The van der Waals surface area contributed by atoms with E-state index in [1.165, 1.54) is 20.3 Å². The lowest BCUT2D eigenvalue weighted by Gasteiger charge is -2.22. The highest BCUT2D eigenvalue weighted by atomic mass is 32.2. The zero-order valence-electron chi connectivity index (χ0n) is 13.2. The van der Waals surface area contributed by atoms with Gasteiger partial charge in [-0.25, -0.2) is 12.7 Å². The SMILES string of the molecule is CNC(=O)[C@@H]1CN(Cc2ccc(C)s2)CCN(S(C)(=O)=O)C1. The van der Waals surface area contributed by atoms with Crippen LogP contribution in [0.5, 0.6) is 0 Å². The van der Waals surface area contributed by atoms with Gasteiger partial charge >= 0.3 is 0 Å². The minimum absolute atomic E-state index is 0.108. The second kappa shape index (κ2) is 7.08. The number of thiophene rings is 1. The van der Waals surface area contributed by atoms with Crippen LogP contribution in [0, 0.1) is 12.8 Å². The molecule has 1 aliphatic heterocycles. The number of hydrogen-bond donors (Lipinski definition) is 1. The number of aryl methyl sites for hydroxylation is 1. The molecular weight excluding hydrogens is 322 g/mol. The Morgan fingerprint density at radius 1 is 1.36 bits per heavy atom. The first kappa shape index (κ1) is 17.4. The predicted octanol–water partition coefficient (Wildman–Crippen LogP) is 0.496. The Kier molecular flexibility index (Phi) is 5.60. The Balaban J connectivity index is 2.14. The van der Waals surface area contributed by atoms with Gasteiger partial charge in [-0.15, -0.1) is 11.3 Å². The molecule has 1 amide bonds. The lowest BCUT2D eigenvalue weighted by atomic mass is 10.1. The van der Waals surface area contributed by atoms with E-state index >= 15 is 0 Å². The van der Waals surface area contributed by atoms with Crippen molar-refractivity contribution < 1.29 is 13.2 Å². The van der Waals surface area contributed by atoms with Gasteiger partial charge in [0, 0.05) is 49.5 Å². The number of nitrogens with one attached hydrogen (secondary N) is 1. The van der Waals surface area contributed by atoms with Gasteiger partial charge in [-0.05, 0) is 19.1 Å². The van der Waals surface area contributed by atoms with Crippen molar-refractivity contribution in [1.29, 1.82) is 0 Å². The first-order valence-electron chi connectivity index (χ1n) is 7.24. The summed E-state index contributed by atoms with van der Waals surface area (Å²) in [6, 6.07) is 4.17. The van der Waals surface area contributed by atoms with E-state index in [1.807, 2.05) is 0 Å². The van der Waals surface area contributed by atoms with Crippen LogP contribution in [0.25, 0.3) is 0 Å². The average molecular weight is 345 g/mol. The van der Waals surface area contributed by atoms with Crippen molar-refractivity contribution in [3.05, 3.63) is 21.9 Å². The summed E-state index contributed by atoms with van der Waals surface area (Å²) in [5.74, 6) is -0.453. The lowest BCUT2D eigenvalue weighted by Crippen LogP contribution is -2.41. The quantitative estimate of drug-likeness (QED) is 0.863. The van der Waals surface area contributed by atoms with Crippen LogP contribution in [-0.4, -0.2) is 63.0 Å². The maximum Gasteiger partial charge on any atom is 0.225 e. The van der Waals surface area contributed by atoms with Crippen molar-refractivity contribution >= 4 is 27.3 Å². The zero-order valence-corrected chi connectivity index (χ0v) is 14.8. The topological polar surface area (TPSA) is 69.7 Å². The Labute approximate surface area is 136 Å². The van der Waals surface area contributed by atoms with Crippen molar-refractivity contribution in [2.75, 3.05) is 39.5 Å². The molecule has 0 spiro atoms. The maximum absolute atomic E-state index is 12.0. The number of nitrogens with zero attached hydrogens (tertiary/aromatic N) is 2. The Hall–Kier alpha value is -0.960. The smallest absolute Gasteiger partial charge is 0.225 e. The minimum Gasteiger partial charge on any atom is -0.359 e. The van der Waals surface area contributed by atoms with Gasteiger partial charge in [-0.1, -0.05) is 0 Å². The molecule has 0 radical (unpaired) electrons. The molecule has 0 saturated carbocycles. The molecule has 22 heavy (non-hydrogen) atoms. The van der Waals surface area contributed by atoms with Crippen molar-refractivity contribution in [3.63, 3.8) is 0 Å². The van der Waals surface area contributed by atoms with Crippen molar-refractivity contribution in [2.24, 2.45) is 5.92 Å². The average Bonchev–Trinajstić information content (AvgIpc) is 2.72. The molecule has 1 N–H and O–H groups in total. The Morgan fingerprint density at radius 2 is 2.09 bits per heavy atom. The fourth-order valence-corrected chi connectivity index (χ4v) is 4.45. The van der Waals surface area contributed by atoms with E-state index in [-0.39, 0.29) is 18.4 Å². The molecule has 124 valence electrons. The maximum atomic E-state index is 12.0. The zero-order chi connectivity index (χ0) is 16.3. The molecule has 8 heteroatoms. The molecule has 2 heterocycles. The van der Waals surface area contributed by atoms with E-state index in [9.17, 15) is 13.2 Å². The van der Waals surface area contributed by atoms with E-state index in [4.69, 9.17) is 0 Å². The summed E-state index contributed by atoms with van der Waals surface area (Å²) < 4.78 is 25.1. The molecule has 2 rings (SSSR count). The fourth-order valence-electron chi connectivity index (χ4n) is 2.66. The highest BCUT2D eigenvalue weighted by Crippen LogP contribution is 2.20. The number of amides is 1. The van der Waals surface area contributed by atoms with Gasteiger partial charge in [0.2, 0.25) is 15.9 Å². The largest absolute Gasteiger partial charge is 0.359 e. The molecular formula is C14H23N3O3S2. The first-order valence-corrected chi connectivity index (χ1v) is 9.90. The molecule has 1 aromatic heterocycles. The molecule has 1 fully saturated rings. The van der Waals surface area contributed by atoms with Crippen LogP contribution in [0.2, 0.25) is 0 Å². The van der Waals surface area contributed by atoms with Gasteiger partial charge in [0.1, 0.15) is 0 Å². The van der Waals surface area contributed by atoms with Crippen molar-refractivity contribution in [1.82, 2.24) is 14.5 Å². The first-order chi connectivity index (χ1) is 10.3.